The van der Waals surface area contributed by atoms with Gasteiger partial charge in [0.25, 0.3) is 0 Å². The van der Waals surface area contributed by atoms with Crippen molar-refractivity contribution in [2.45, 2.75) is 19.3 Å². The van der Waals surface area contributed by atoms with Gasteiger partial charge in [0, 0.05) is 11.5 Å². The van der Waals surface area contributed by atoms with Gasteiger partial charge >= 0.3 is 0 Å². The lowest BCUT2D eigenvalue weighted by Crippen LogP contribution is -2.17. The van der Waals surface area contributed by atoms with E-state index >= 15 is 0 Å². The van der Waals surface area contributed by atoms with Gasteiger partial charge < -0.3 is 0 Å². The van der Waals surface area contributed by atoms with Crippen LogP contribution in [0.1, 0.15) is 35.2 Å². The normalized spacial score (nSPS) is 18.4. The molecule has 0 aromatic heterocycles. The number of hydrogen-bond donors (Lipinski definition) is 0. The molecule has 1 aliphatic rings. The third kappa shape index (κ3) is 2.72. The number of rotatable bonds is 3. The topological polar surface area (TPSA) is 17.1 Å². The predicted octanol–water partition coefficient (Wildman–Crippen LogP) is 4.75. The van der Waals surface area contributed by atoms with Crippen LogP contribution in [-0.4, -0.2) is 5.78 Å². The first kappa shape index (κ1) is 12.9. The average Bonchev–Trinajstić information content (AvgIpc) is 2.56. The first-order valence-corrected chi connectivity index (χ1v) is 7.18. The predicted molar refractivity (Wildman–Crippen MR) is 82.5 cm³/mol. The largest absolute Gasteiger partial charge is 0.294 e. The molecule has 0 N–H and O–H groups in total. The molecule has 1 heteroatoms. The lowest BCUT2D eigenvalue weighted by atomic mass is 9.82. The molecule has 0 heterocycles. The van der Waals surface area contributed by atoms with Crippen LogP contribution in [0.15, 0.2) is 66.7 Å². The molecule has 0 saturated carbocycles. The zero-order chi connectivity index (χ0) is 13.8. The first-order chi connectivity index (χ1) is 9.84. The molecule has 0 amide bonds. The van der Waals surface area contributed by atoms with Crippen molar-refractivity contribution in [2.24, 2.45) is 5.92 Å². The van der Waals surface area contributed by atoms with E-state index in [1.54, 1.807) is 0 Å². The van der Waals surface area contributed by atoms with Crippen molar-refractivity contribution >= 4 is 11.4 Å². The van der Waals surface area contributed by atoms with Crippen molar-refractivity contribution in [2.75, 3.05) is 0 Å². The van der Waals surface area contributed by atoms with Crippen LogP contribution in [0.5, 0.6) is 0 Å². The van der Waals surface area contributed by atoms with Gasteiger partial charge in [-0.25, -0.2) is 0 Å². The van der Waals surface area contributed by atoms with Crippen molar-refractivity contribution in [3.63, 3.8) is 0 Å². The number of allylic oxidation sites excluding steroid dienone is 2. The van der Waals surface area contributed by atoms with Gasteiger partial charge in [0.1, 0.15) is 0 Å². The number of carbonyl (C=O) groups excluding carboxylic acids is 1. The standard InChI is InChI=1S/C19H18O/c20-19(17-9-5-2-6-10-17)18-13-11-16(12-14-18)15-7-3-1-4-8-15/h1-11,18H,12-14H2. The molecule has 0 spiro atoms. The monoisotopic (exact) mass is 262 g/mol. The van der Waals surface area contributed by atoms with Crippen molar-refractivity contribution in [1.82, 2.24) is 0 Å². The van der Waals surface area contributed by atoms with Crippen molar-refractivity contribution in [3.8, 4) is 0 Å². The summed E-state index contributed by atoms with van der Waals surface area (Å²) >= 11 is 0. The van der Waals surface area contributed by atoms with Gasteiger partial charge in [-0.1, -0.05) is 66.7 Å². The first-order valence-electron chi connectivity index (χ1n) is 7.18. The van der Waals surface area contributed by atoms with Crippen LogP contribution in [-0.2, 0) is 0 Å². The lowest BCUT2D eigenvalue weighted by Gasteiger charge is -2.21. The molecule has 0 saturated heterocycles. The number of hydrogen-bond acceptors (Lipinski definition) is 1. The summed E-state index contributed by atoms with van der Waals surface area (Å²) in [5.41, 5.74) is 3.51. The van der Waals surface area contributed by atoms with Gasteiger partial charge in [-0.05, 0) is 30.4 Å². The highest BCUT2D eigenvalue weighted by atomic mass is 16.1. The van der Waals surface area contributed by atoms with Crippen molar-refractivity contribution < 1.29 is 4.79 Å². The maximum absolute atomic E-state index is 12.4. The summed E-state index contributed by atoms with van der Waals surface area (Å²) in [6, 6.07) is 20.1. The number of Topliss-reactive ketones (excluding diaryl/α,β-unsaturated/α-hetero) is 1. The Labute approximate surface area is 120 Å². The minimum atomic E-state index is 0.143. The fourth-order valence-corrected chi connectivity index (χ4v) is 2.82. The van der Waals surface area contributed by atoms with E-state index in [1.165, 1.54) is 11.1 Å². The number of benzene rings is 2. The molecule has 1 unspecified atom stereocenters. The van der Waals surface area contributed by atoms with E-state index in [-0.39, 0.29) is 11.7 Å². The van der Waals surface area contributed by atoms with Crippen LogP contribution in [0.4, 0.5) is 0 Å². The van der Waals surface area contributed by atoms with E-state index in [0.717, 1.165) is 24.8 Å². The Morgan fingerprint density at radius 1 is 0.900 bits per heavy atom. The Bertz CT molecular complexity index is 611. The smallest absolute Gasteiger partial charge is 0.166 e. The molecule has 0 radical (unpaired) electrons. The third-order valence-corrected chi connectivity index (χ3v) is 3.98. The summed E-state index contributed by atoms with van der Waals surface area (Å²) in [6.45, 7) is 0. The van der Waals surface area contributed by atoms with Gasteiger partial charge in [-0.15, -0.1) is 0 Å². The SMILES string of the molecule is O=C(c1ccccc1)C1CC=C(c2ccccc2)CC1. The second-order valence-corrected chi connectivity index (χ2v) is 5.30. The summed E-state index contributed by atoms with van der Waals surface area (Å²) in [5.74, 6) is 0.429. The molecule has 0 fully saturated rings. The van der Waals surface area contributed by atoms with Crippen LogP contribution in [0, 0.1) is 5.92 Å². The summed E-state index contributed by atoms with van der Waals surface area (Å²) < 4.78 is 0. The Balaban J connectivity index is 1.72. The lowest BCUT2D eigenvalue weighted by molar-refractivity contribution is 0.0913. The summed E-state index contributed by atoms with van der Waals surface area (Å²) in [6.07, 6.45) is 5.05. The maximum Gasteiger partial charge on any atom is 0.166 e. The van der Waals surface area contributed by atoms with Crippen LogP contribution < -0.4 is 0 Å². The van der Waals surface area contributed by atoms with E-state index in [4.69, 9.17) is 0 Å². The minimum Gasteiger partial charge on any atom is -0.294 e. The molecular weight excluding hydrogens is 244 g/mol. The molecule has 0 bridgehead atoms. The maximum atomic E-state index is 12.4. The van der Waals surface area contributed by atoms with E-state index < -0.39 is 0 Å². The zero-order valence-corrected chi connectivity index (χ0v) is 11.5. The number of ketones is 1. The van der Waals surface area contributed by atoms with Crippen molar-refractivity contribution in [3.05, 3.63) is 77.9 Å². The third-order valence-electron chi connectivity index (χ3n) is 3.98. The second-order valence-electron chi connectivity index (χ2n) is 5.30. The minimum absolute atomic E-state index is 0.143. The van der Waals surface area contributed by atoms with Crippen LogP contribution in [0.2, 0.25) is 0 Å². The average molecular weight is 262 g/mol. The molecule has 3 rings (SSSR count). The fraction of sp³-hybridized carbons (Fsp3) is 0.211. The Morgan fingerprint density at radius 2 is 1.55 bits per heavy atom. The van der Waals surface area contributed by atoms with Gasteiger partial charge in [0.15, 0.2) is 5.78 Å². The van der Waals surface area contributed by atoms with E-state index in [9.17, 15) is 4.79 Å². The van der Waals surface area contributed by atoms with E-state index in [2.05, 4.69) is 30.3 Å². The van der Waals surface area contributed by atoms with Crippen LogP contribution in [0.3, 0.4) is 0 Å². The van der Waals surface area contributed by atoms with Gasteiger partial charge in [0.2, 0.25) is 0 Å². The molecule has 1 aliphatic carbocycles. The highest BCUT2D eigenvalue weighted by Gasteiger charge is 2.22. The van der Waals surface area contributed by atoms with Crippen LogP contribution >= 0.6 is 0 Å². The fourth-order valence-electron chi connectivity index (χ4n) is 2.82. The van der Waals surface area contributed by atoms with E-state index in [0.29, 0.717) is 0 Å². The molecule has 2 aromatic rings. The number of carbonyl (C=O) groups is 1. The van der Waals surface area contributed by atoms with Crippen LogP contribution in [0.25, 0.3) is 5.57 Å². The summed E-state index contributed by atoms with van der Waals surface area (Å²) in [5, 5.41) is 0. The van der Waals surface area contributed by atoms with Gasteiger partial charge in [0.05, 0.1) is 0 Å². The molecular formula is C19H18O. The summed E-state index contributed by atoms with van der Waals surface area (Å²) in [4.78, 5) is 12.4. The van der Waals surface area contributed by atoms with E-state index in [1.807, 2.05) is 36.4 Å². The summed E-state index contributed by atoms with van der Waals surface area (Å²) in [7, 11) is 0. The molecule has 1 nitrogen and oxygen atoms in total. The second kappa shape index (κ2) is 5.87. The molecule has 2 aromatic carbocycles. The Hall–Kier alpha value is -2.15. The molecule has 1 atom stereocenters. The van der Waals surface area contributed by atoms with Crippen molar-refractivity contribution in [1.29, 1.82) is 0 Å². The highest BCUT2D eigenvalue weighted by Crippen LogP contribution is 2.31. The Morgan fingerprint density at radius 3 is 2.15 bits per heavy atom. The highest BCUT2D eigenvalue weighted by molar-refractivity contribution is 5.98. The van der Waals surface area contributed by atoms with Gasteiger partial charge in [-0.3, -0.25) is 4.79 Å². The molecule has 0 aliphatic heterocycles. The molecule has 20 heavy (non-hydrogen) atoms. The molecule has 100 valence electrons. The quantitative estimate of drug-likeness (QED) is 0.729. The zero-order valence-electron chi connectivity index (χ0n) is 11.5. The van der Waals surface area contributed by atoms with Gasteiger partial charge in [-0.2, -0.15) is 0 Å². The Kier molecular flexibility index (Phi) is 3.78.